The van der Waals surface area contributed by atoms with Gasteiger partial charge < -0.3 is 10.3 Å². The fourth-order valence-corrected chi connectivity index (χ4v) is 2.51. The monoisotopic (exact) mass is 317 g/mol. The van der Waals surface area contributed by atoms with Crippen molar-refractivity contribution in [1.82, 2.24) is 9.55 Å². The number of rotatable bonds is 3. The minimum Gasteiger partial charge on any atom is -0.383 e. The summed E-state index contributed by atoms with van der Waals surface area (Å²) in [6.07, 6.45) is 5.41. The highest BCUT2D eigenvalue weighted by Crippen LogP contribution is 2.33. The lowest BCUT2D eigenvalue weighted by Crippen LogP contribution is -2.07. The minimum atomic E-state index is 0.270. The lowest BCUT2D eigenvalue weighted by Gasteiger charge is -2.08. The summed E-state index contributed by atoms with van der Waals surface area (Å²) in [5, 5.41) is 0. The van der Waals surface area contributed by atoms with Gasteiger partial charge in [-0.25, -0.2) is 4.98 Å². The summed E-state index contributed by atoms with van der Waals surface area (Å²) < 4.78 is 2.88. The fourth-order valence-electron chi connectivity index (χ4n) is 2.03. The molecule has 0 saturated carbocycles. The second-order valence-electron chi connectivity index (χ2n) is 4.63. The molecule has 98 valence electrons. The molecule has 0 bridgehead atoms. The molecule has 0 aliphatic heterocycles. The summed E-state index contributed by atoms with van der Waals surface area (Å²) in [4.78, 5) is 4.67. The smallest absolute Gasteiger partial charge is 0.132 e. The van der Waals surface area contributed by atoms with Crippen LogP contribution in [0.25, 0.3) is 11.3 Å². The SMILES string of the molecule is C#CCn1c(C(C)C)nc(-c2ccccc2Br)c1N. The number of nitrogen functional groups attached to an aromatic ring is 1. The standard InChI is InChI=1S/C15H16BrN3/c1-4-9-19-14(17)13(18-15(19)10(2)3)11-7-5-6-8-12(11)16/h1,5-8,10H,9,17H2,2-3H3. The van der Waals surface area contributed by atoms with Crippen LogP contribution < -0.4 is 5.73 Å². The van der Waals surface area contributed by atoms with Gasteiger partial charge in [0.25, 0.3) is 0 Å². The van der Waals surface area contributed by atoms with Crippen LogP contribution in [0.4, 0.5) is 5.82 Å². The molecule has 4 heteroatoms. The van der Waals surface area contributed by atoms with E-state index in [1.54, 1.807) is 0 Å². The molecule has 2 rings (SSSR count). The van der Waals surface area contributed by atoms with Crippen LogP contribution in [0.5, 0.6) is 0 Å². The van der Waals surface area contributed by atoms with Gasteiger partial charge in [-0.05, 0) is 6.07 Å². The van der Waals surface area contributed by atoms with E-state index in [9.17, 15) is 0 Å². The second-order valence-corrected chi connectivity index (χ2v) is 5.48. The van der Waals surface area contributed by atoms with Crippen molar-refractivity contribution in [3.8, 4) is 23.6 Å². The Hall–Kier alpha value is -1.73. The number of nitrogens with zero attached hydrogens (tertiary/aromatic N) is 2. The summed E-state index contributed by atoms with van der Waals surface area (Å²) in [6, 6.07) is 7.90. The molecule has 0 aliphatic carbocycles. The van der Waals surface area contributed by atoms with Gasteiger partial charge in [-0.3, -0.25) is 0 Å². The van der Waals surface area contributed by atoms with E-state index in [0.717, 1.165) is 21.6 Å². The van der Waals surface area contributed by atoms with Crippen LogP contribution >= 0.6 is 15.9 Å². The van der Waals surface area contributed by atoms with E-state index >= 15 is 0 Å². The van der Waals surface area contributed by atoms with Crippen LogP contribution in [0, 0.1) is 12.3 Å². The fraction of sp³-hybridized carbons (Fsp3) is 0.267. The molecule has 0 aliphatic rings. The van der Waals surface area contributed by atoms with Gasteiger partial charge in [0, 0.05) is 16.0 Å². The number of hydrogen-bond acceptors (Lipinski definition) is 2. The Balaban J connectivity index is 2.63. The molecule has 0 atom stereocenters. The van der Waals surface area contributed by atoms with Crippen molar-refractivity contribution >= 4 is 21.7 Å². The highest BCUT2D eigenvalue weighted by atomic mass is 79.9. The van der Waals surface area contributed by atoms with Crippen molar-refractivity contribution in [2.75, 3.05) is 5.73 Å². The summed E-state index contributed by atoms with van der Waals surface area (Å²) in [5.41, 5.74) is 7.98. The lowest BCUT2D eigenvalue weighted by atomic mass is 10.1. The van der Waals surface area contributed by atoms with E-state index in [4.69, 9.17) is 12.2 Å². The average Bonchev–Trinajstić information content (AvgIpc) is 2.69. The molecule has 1 aromatic heterocycles. The number of nitrogens with two attached hydrogens (primary N) is 1. The highest BCUT2D eigenvalue weighted by molar-refractivity contribution is 9.10. The third kappa shape index (κ3) is 2.52. The van der Waals surface area contributed by atoms with Gasteiger partial charge in [0.2, 0.25) is 0 Å². The molecule has 1 heterocycles. The summed E-state index contributed by atoms with van der Waals surface area (Å²) in [7, 11) is 0. The number of aromatic nitrogens is 2. The van der Waals surface area contributed by atoms with Crippen molar-refractivity contribution in [3.63, 3.8) is 0 Å². The zero-order valence-electron chi connectivity index (χ0n) is 11.0. The number of halogens is 1. The topological polar surface area (TPSA) is 43.8 Å². The largest absolute Gasteiger partial charge is 0.383 e. The second kappa shape index (κ2) is 5.50. The normalized spacial score (nSPS) is 10.7. The molecule has 0 amide bonds. The van der Waals surface area contributed by atoms with Crippen LogP contribution in [-0.2, 0) is 6.54 Å². The van der Waals surface area contributed by atoms with E-state index in [2.05, 4.69) is 40.7 Å². The quantitative estimate of drug-likeness (QED) is 0.878. The summed E-state index contributed by atoms with van der Waals surface area (Å²) >= 11 is 3.53. The van der Waals surface area contributed by atoms with Gasteiger partial charge in [-0.15, -0.1) is 6.42 Å². The van der Waals surface area contributed by atoms with Gasteiger partial charge in [0.15, 0.2) is 0 Å². The Morgan fingerprint density at radius 1 is 1.42 bits per heavy atom. The van der Waals surface area contributed by atoms with Gasteiger partial charge in [-0.2, -0.15) is 0 Å². The first-order chi connectivity index (χ1) is 9.06. The van der Waals surface area contributed by atoms with Crippen LogP contribution in [0.1, 0.15) is 25.6 Å². The molecule has 2 N–H and O–H groups in total. The first-order valence-corrected chi connectivity index (χ1v) is 6.89. The molecule has 1 aromatic carbocycles. The third-order valence-corrected chi connectivity index (χ3v) is 3.62. The highest BCUT2D eigenvalue weighted by Gasteiger charge is 2.18. The average molecular weight is 318 g/mol. The lowest BCUT2D eigenvalue weighted by molar-refractivity contribution is 0.691. The summed E-state index contributed by atoms with van der Waals surface area (Å²) in [5.74, 6) is 4.44. The van der Waals surface area contributed by atoms with Gasteiger partial charge >= 0.3 is 0 Å². The predicted molar refractivity (Wildman–Crippen MR) is 82.7 cm³/mol. The van der Waals surface area contributed by atoms with E-state index in [0.29, 0.717) is 12.4 Å². The number of terminal acetylenes is 1. The minimum absolute atomic E-state index is 0.270. The van der Waals surface area contributed by atoms with Crippen LogP contribution in [0.2, 0.25) is 0 Å². The van der Waals surface area contributed by atoms with Crippen LogP contribution in [0.3, 0.4) is 0 Å². The number of imidazole rings is 1. The van der Waals surface area contributed by atoms with Crippen LogP contribution in [0.15, 0.2) is 28.7 Å². The molecule has 0 fully saturated rings. The Kier molecular flexibility index (Phi) is 3.96. The molecular weight excluding hydrogens is 302 g/mol. The maximum atomic E-state index is 6.21. The van der Waals surface area contributed by atoms with Gasteiger partial charge in [-0.1, -0.05) is 53.9 Å². The van der Waals surface area contributed by atoms with E-state index in [1.807, 2.05) is 28.8 Å². The molecule has 0 spiro atoms. The van der Waals surface area contributed by atoms with E-state index in [-0.39, 0.29) is 5.92 Å². The van der Waals surface area contributed by atoms with E-state index < -0.39 is 0 Å². The maximum Gasteiger partial charge on any atom is 0.132 e. The Morgan fingerprint density at radius 2 is 2.11 bits per heavy atom. The van der Waals surface area contributed by atoms with Gasteiger partial charge in [0.05, 0.1) is 6.54 Å². The Labute approximate surface area is 122 Å². The van der Waals surface area contributed by atoms with Gasteiger partial charge in [0.1, 0.15) is 17.3 Å². The zero-order chi connectivity index (χ0) is 14.0. The molecule has 19 heavy (non-hydrogen) atoms. The molecule has 0 unspecified atom stereocenters. The van der Waals surface area contributed by atoms with E-state index in [1.165, 1.54) is 0 Å². The molecule has 3 nitrogen and oxygen atoms in total. The molecular formula is C15H16BrN3. The van der Waals surface area contributed by atoms with Crippen molar-refractivity contribution in [3.05, 3.63) is 34.6 Å². The van der Waals surface area contributed by atoms with Crippen molar-refractivity contribution < 1.29 is 0 Å². The molecule has 0 radical (unpaired) electrons. The Morgan fingerprint density at radius 3 is 2.68 bits per heavy atom. The summed E-state index contributed by atoms with van der Waals surface area (Å²) in [6.45, 7) is 4.61. The molecule has 0 saturated heterocycles. The maximum absolute atomic E-state index is 6.21. The number of benzene rings is 1. The number of anilines is 1. The van der Waals surface area contributed by atoms with Crippen molar-refractivity contribution in [2.45, 2.75) is 26.3 Å². The van der Waals surface area contributed by atoms with Crippen molar-refractivity contribution in [1.29, 1.82) is 0 Å². The Bertz CT molecular complexity index is 635. The van der Waals surface area contributed by atoms with Crippen LogP contribution in [-0.4, -0.2) is 9.55 Å². The first-order valence-electron chi connectivity index (χ1n) is 6.10. The first kappa shape index (κ1) is 13.7. The molecule has 2 aromatic rings. The third-order valence-electron chi connectivity index (χ3n) is 2.93. The van der Waals surface area contributed by atoms with Crippen molar-refractivity contribution in [2.24, 2.45) is 0 Å². The number of hydrogen-bond donors (Lipinski definition) is 1. The predicted octanol–water partition coefficient (Wildman–Crippen LogP) is 3.65. The zero-order valence-corrected chi connectivity index (χ0v) is 12.6.